The lowest BCUT2D eigenvalue weighted by Gasteiger charge is -2.23. The van der Waals surface area contributed by atoms with E-state index in [1.54, 1.807) is 7.11 Å². The second-order valence-electron chi connectivity index (χ2n) is 4.54. The van der Waals surface area contributed by atoms with Crippen molar-refractivity contribution in [1.82, 2.24) is 0 Å². The average Bonchev–Trinajstić information content (AvgIpc) is 2.29. The van der Waals surface area contributed by atoms with Crippen molar-refractivity contribution >= 4 is 5.69 Å². The van der Waals surface area contributed by atoms with Gasteiger partial charge in [-0.3, -0.25) is 0 Å². The summed E-state index contributed by atoms with van der Waals surface area (Å²) >= 11 is 0. The number of hydrogen-bond acceptors (Lipinski definition) is 3. The quantitative estimate of drug-likeness (QED) is 0.823. The standard InChI is InChI=1S/C14H23NO2/c1-10(2)17-14-9-7-6-8-13(14)15-11(3)12(4)16-5/h6-12,15H,1-5H3. The normalized spacial score (nSPS) is 14.5. The molecule has 1 aromatic rings. The van der Waals surface area contributed by atoms with E-state index < -0.39 is 0 Å². The Labute approximate surface area is 104 Å². The number of anilines is 1. The number of hydrogen-bond donors (Lipinski definition) is 1. The molecule has 17 heavy (non-hydrogen) atoms. The zero-order chi connectivity index (χ0) is 12.8. The van der Waals surface area contributed by atoms with Crippen LogP contribution in [0.4, 0.5) is 5.69 Å². The monoisotopic (exact) mass is 237 g/mol. The molecule has 1 N–H and O–H groups in total. The fraction of sp³-hybridized carbons (Fsp3) is 0.571. The third-order valence-corrected chi connectivity index (χ3v) is 2.71. The SMILES string of the molecule is COC(C)C(C)Nc1ccccc1OC(C)C. The zero-order valence-corrected chi connectivity index (χ0v) is 11.4. The third-order valence-electron chi connectivity index (χ3n) is 2.71. The molecule has 0 aromatic heterocycles. The third kappa shape index (κ3) is 4.27. The molecule has 2 unspecified atom stereocenters. The fourth-order valence-electron chi connectivity index (χ4n) is 1.51. The summed E-state index contributed by atoms with van der Waals surface area (Å²) in [7, 11) is 1.72. The highest BCUT2D eigenvalue weighted by atomic mass is 16.5. The summed E-state index contributed by atoms with van der Waals surface area (Å²) in [5, 5.41) is 3.42. The number of methoxy groups -OCH3 is 1. The topological polar surface area (TPSA) is 30.5 Å². The van der Waals surface area contributed by atoms with Gasteiger partial charge in [0.05, 0.1) is 17.9 Å². The van der Waals surface area contributed by atoms with Crippen molar-refractivity contribution < 1.29 is 9.47 Å². The van der Waals surface area contributed by atoms with Crippen molar-refractivity contribution in [2.75, 3.05) is 12.4 Å². The zero-order valence-electron chi connectivity index (χ0n) is 11.4. The number of nitrogens with one attached hydrogen (secondary N) is 1. The summed E-state index contributed by atoms with van der Waals surface area (Å²) < 4.78 is 11.1. The highest BCUT2D eigenvalue weighted by molar-refractivity contribution is 5.56. The molecule has 0 radical (unpaired) electrons. The molecule has 0 amide bonds. The van der Waals surface area contributed by atoms with Gasteiger partial charge >= 0.3 is 0 Å². The first-order valence-corrected chi connectivity index (χ1v) is 6.09. The predicted molar refractivity (Wildman–Crippen MR) is 71.8 cm³/mol. The molecule has 0 heterocycles. The van der Waals surface area contributed by atoms with E-state index in [1.165, 1.54) is 0 Å². The Morgan fingerprint density at radius 1 is 1.06 bits per heavy atom. The summed E-state index contributed by atoms with van der Waals surface area (Å²) in [6.45, 7) is 8.19. The van der Waals surface area contributed by atoms with Crippen LogP contribution in [0.2, 0.25) is 0 Å². The van der Waals surface area contributed by atoms with Gasteiger partial charge in [-0.2, -0.15) is 0 Å². The van der Waals surface area contributed by atoms with Gasteiger partial charge in [-0.1, -0.05) is 12.1 Å². The molecule has 0 bridgehead atoms. The molecule has 0 aliphatic carbocycles. The van der Waals surface area contributed by atoms with Crippen LogP contribution in [0.3, 0.4) is 0 Å². The van der Waals surface area contributed by atoms with Gasteiger partial charge in [0.15, 0.2) is 0 Å². The Morgan fingerprint density at radius 2 is 1.71 bits per heavy atom. The van der Waals surface area contributed by atoms with Crippen LogP contribution >= 0.6 is 0 Å². The number of ether oxygens (including phenoxy) is 2. The summed E-state index contributed by atoms with van der Waals surface area (Å²) in [6, 6.07) is 8.22. The van der Waals surface area contributed by atoms with Gasteiger partial charge in [-0.15, -0.1) is 0 Å². The van der Waals surface area contributed by atoms with Crippen molar-refractivity contribution in [1.29, 1.82) is 0 Å². The van der Waals surface area contributed by atoms with E-state index in [9.17, 15) is 0 Å². The molecule has 0 aliphatic rings. The molecule has 3 heteroatoms. The molecule has 0 saturated carbocycles. The predicted octanol–water partition coefficient (Wildman–Crippen LogP) is 3.31. The molecule has 3 nitrogen and oxygen atoms in total. The number of rotatable bonds is 6. The van der Waals surface area contributed by atoms with Crippen LogP contribution in [0.5, 0.6) is 5.75 Å². The molecule has 0 fully saturated rings. The molecule has 0 aliphatic heterocycles. The van der Waals surface area contributed by atoms with Gasteiger partial charge in [0.2, 0.25) is 0 Å². The molecule has 0 spiro atoms. The second-order valence-corrected chi connectivity index (χ2v) is 4.54. The highest BCUT2D eigenvalue weighted by Gasteiger charge is 2.13. The van der Waals surface area contributed by atoms with Gasteiger partial charge in [-0.25, -0.2) is 0 Å². The van der Waals surface area contributed by atoms with E-state index in [0.29, 0.717) is 0 Å². The Hall–Kier alpha value is -1.22. The van der Waals surface area contributed by atoms with Crippen molar-refractivity contribution in [3.05, 3.63) is 24.3 Å². The number of benzene rings is 1. The van der Waals surface area contributed by atoms with Crippen LogP contribution in [-0.4, -0.2) is 25.4 Å². The first-order valence-electron chi connectivity index (χ1n) is 6.09. The van der Waals surface area contributed by atoms with E-state index in [0.717, 1.165) is 11.4 Å². The fourth-order valence-corrected chi connectivity index (χ4v) is 1.51. The lowest BCUT2D eigenvalue weighted by atomic mass is 10.2. The molecular weight excluding hydrogens is 214 g/mol. The van der Waals surface area contributed by atoms with Crippen LogP contribution < -0.4 is 10.1 Å². The largest absolute Gasteiger partial charge is 0.489 e. The minimum atomic E-state index is 0.155. The van der Waals surface area contributed by atoms with E-state index in [4.69, 9.17) is 9.47 Å². The first-order chi connectivity index (χ1) is 8.04. The maximum absolute atomic E-state index is 5.76. The maximum atomic E-state index is 5.76. The minimum absolute atomic E-state index is 0.155. The van der Waals surface area contributed by atoms with Crippen LogP contribution in [-0.2, 0) is 4.74 Å². The van der Waals surface area contributed by atoms with Crippen LogP contribution in [0, 0.1) is 0 Å². The number of para-hydroxylation sites is 2. The Bertz CT molecular complexity index is 339. The molecule has 2 atom stereocenters. The Balaban J connectivity index is 2.76. The van der Waals surface area contributed by atoms with Crippen molar-refractivity contribution in [2.24, 2.45) is 0 Å². The molecule has 0 saturated heterocycles. The first kappa shape index (κ1) is 13.8. The van der Waals surface area contributed by atoms with Crippen molar-refractivity contribution in [3.8, 4) is 5.75 Å². The van der Waals surface area contributed by atoms with Gasteiger partial charge < -0.3 is 14.8 Å². The Kier molecular flexibility index (Phi) is 5.29. The average molecular weight is 237 g/mol. The van der Waals surface area contributed by atoms with E-state index >= 15 is 0 Å². The van der Waals surface area contributed by atoms with E-state index in [2.05, 4.69) is 12.2 Å². The van der Waals surface area contributed by atoms with Crippen LogP contribution in [0.15, 0.2) is 24.3 Å². The molecule has 96 valence electrons. The summed E-state index contributed by atoms with van der Waals surface area (Å²) in [6.07, 6.45) is 0.329. The van der Waals surface area contributed by atoms with E-state index in [-0.39, 0.29) is 18.2 Å². The Morgan fingerprint density at radius 3 is 2.29 bits per heavy atom. The molecular formula is C14H23NO2. The van der Waals surface area contributed by atoms with Gasteiger partial charge in [-0.05, 0) is 39.8 Å². The lowest BCUT2D eigenvalue weighted by Crippen LogP contribution is -2.29. The van der Waals surface area contributed by atoms with Gasteiger partial charge in [0, 0.05) is 13.2 Å². The molecule has 1 rings (SSSR count). The van der Waals surface area contributed by atoms with Crippen molar-refractivity contribution in [3.63, 3.8) is 0 Å². The van der Waals surface area contributed by atoms with Crippen LogP contribution in [0.1, 0.15) is 27.7 Å². The highest BCUT2D eigenvalue weighted by Crippen LogP contribution is 2.26. The minimum Gasteiger partial charge on any atom is -0.489 e. The van der Waals surface area contributed by atoms with Gasteiger partial charge in [0.1, 0.15) is 5.75 Å². The summed E-state index contributed by atoms with van der Waals surface area (Å²) in [4.78, 5) is 0. The second kappa shape index (κ2) is 6.50. The maximum Gasteiger partial charge on any atom is 0.142 e. The van der Waals surface area contributed by atoms with Crippen molar-refractivity contribution in [2.45, 2.75) is 45.9 Å². The van der Waals surface area contributed by atoms with Gasteiger partial charge in [0.25, 0.3) is 0 Å². The molecule has 1 aromatic carbocycles. The van der Waals surface area contributed by atoms with E-state index in [1.807, 2.05) is 45.0 Å². The van der Waals surface area contributed by atoms with Crippen LogP contribution in [0.25, 0.3) is 0 Å². The lowest BCUT2D eigenvalue weighted by molar-refractivity contribution is 0.106. The summed E-state index contributed by atoms with van der Waals surface area (Å²) in [5.74, 6) is 0.887. The smallest absolute Gasteiger partial charge is 0.142 e. The summed E-state index contributed by atoms with van der Waals surface area (Å²) in [5.41, 5.74) is 1.01.